The summed E-state index contributed by atoms with van der Waals surface area (Å²) in [6.07, 6.45) is -1.32. The fourth-order valence-corrected chi connectivity index (χ4v) is 3.95. The van der Waals surface area contributed by atoms with Crippen LogP contribution in [-0.4, -0.2) is 55.1 Å². The minimum atomic E-state index is -1.22. The van der Waals surface area contributed by atoms with Gasteiger partial charge in [0.25, 0.3) is 5.56 Å². The molecule has 4 atom stereocenters. The molecule has 1 aliphatic rings. The van der Waals surface area contributed by atoms with Crippen molar-refractivity contribution < 1.29 is 19.7 Å². The van der Waals surface area contributed by atoms with E-state index in [2.05, 4.69) is 4.98 Å². The van der Waals surface area contributed by atoms with Crippen molar-refractivity contribution in [2.24, 2.45) is 5.92 Å². The third kappa shape index (κ3) is 5.62. The normalized spacial score (nSPS) is 23.5. The highest BCUT2D eigenvalue weighted by molar-refractivity contribution is 5.68. The van der Waals surface area contributed by atoms with Crippen LogP contribution in [0.2, 0.25) is 0 Å². The second-order valence-electron chi connectivity index (χ2n) is 8.91. The van der Waals surface area contributed by atoms with Gasteiger partial charge in [-0.1, -0.05) is 30.3 Å². The predicted molar refractivity (Wildman–Crippen MR) is 114 cm³/mol. The van der Waals surface area contributed by atoms with Gasteiger partial charge in [0.1, 0.15) is 11.7 Å². The standard InChI is InChI=1S/C22H29N3O6/c1-22(2,3)31-21(30)24(12-14-7-5-4-6-8-14)13-15-11-16(26)19(28)18(15)25-10-9-17(27)23-20(25)29/h4-10,15-16,18-19,26,28H,11-13H2,1-3H3,(H,23,27,29)/t15-,16-,18-,19-/m0/s1. The lowest BCUT2D eigenvalue weighted by atomic mass is 10.0. The van der Waals surface area contributed by atoms with Gasteiger partial charge in [-0.15, -0.1) is 0 Å². The molecule has 1 heterocycles. The number of nitrogens with one attached hydrogen (secondary N) is 1. The molecule has 0 spiro atoms. The quantitative estimate of drug-likeness (QED) is 0.655. The van der Waals surface area contributed by atoms with E-state index in [1.807, 2.05) is 30.3 Å². The number of hydrogen-bond acceptors (Lipinski definition) is 6. The fraction of sp³-hybridized carbons (Fsp3) is 0.500. The van der Waals surface area contributed by atoms with Crippen LogP contribution < -0.4 is 11.2 Å². The van der Waals surface area contributed by atoms with E-state index in [9.17, 15) is 24.6 Å². The number of hydrogen-bond donors (Lipinski definition) is 3. The largest absolute Gasteiger partial charge is 0.444 e. The summed E-state index contributed by atoms with van der Waals surface area (Å²) in [6.45, 7) is 5.74. The van der Waals surface area contributed by atoms with Gasteiger partial charge in [-0.3, -0.25) is 14.3 Å². The lowest BCUT2D eigenvalue weighted by molar-refractivity contribution is 0.0139. The average molecular weight is 431 g/mol. The zero-order chi connectivity index (χ0) is 22.8. The Morgan fingerprint density at radius 3 is 2.48 bits per heavy atom. The molecule has 0 saturated heterocycles. The minimum Gasteiger partial charge on any atom is -0.444 e. The Morgan fingerprint density at radius 2 is 1.87 bits per heavy atom. The highest BCUT2D eigenvalue weighted by Crippen LogP contribution is 2.36. The summed E-state index contributed by atoms with van der Waals surface area (Å²) in [5.41, 5.74) is -1.03. The Kier molecular flexibility index (Phi) is 6.66. The maximum atomic E-state index is 12.9. The van der Waals surface area contributed by atoms with E-state index >= 15 is 0 Å². The summed E-state index contributed by atoms with van der Waals surface area (Å²) >= 11 is 0. The maximum absolute atomic E-state index is 12.9. The van der Waals surface area contributed by atoms with Crippen molar-refractivity contribution >= 4 is 6.09 Å². The molecular formula is C22H29N3O6. The molecule has 1 amide bonds. The first-order valence-corrected chi connectivity index (χ1v) is 10.2. The number of benzene rings is 1. The Balaban J connectivity index is 1.90. The molecule has 0 aliphatic heterocycles. The Labute approximate surface area is 179 Å². The van der Waals surface area contributed by atoms with Crippen LogP contribution in [0, 0.1) is 5.92 Å². The molecular weight excluding hydrogens is 402 g/mol. The molecule has 31 heavy (non-hydrogen) atoms. The Hall–Kier alpha value is -2.91. The smallest absolute Gasteiger partial charge is 0.410 e. The van der Waals surface area contributed by atoms with E-state index in [4.69, 9.17) is 4.74 Å². The van der Waals surface area contributed by atoms with Gasteiger partial charge in [-0.25, -0.2) is 9.59 Å². The van der Waals surface area contributed by atoms with Gasteiger partial charge in [0.15, 0.2) is 0 Å². The topological polar surface area (TPSA) is 125 Å². The van der Waals surface area contributed by atoms with E-state index in [1.54, 1.807) is 20.8 Å². The number of aromatic nitrogens is 2. The molecule has 1 fully saturated rings. The van der Waals surface area contributed by atoms with Crippen molar-refractivity contribution in [3.63, 3.8) is 0 Å². The van der Waals surface area contributed by atoms with Gasteiger partial charge >= 0.3 is 11.8 Å². The molecule has 2 aromatic rings. The van der Waals surface area contributed by atoms with Crippen LogP contribution in [-0.2, 0) is 11.3 Å². The van der Waals surface area contributed by atoms with E-state index < -0.39 is 47.1 Å². The van der Waals surface area contributed by atoms with E-state index in [0.29, 0.717) is 0 Å². The van der Waals surface area contributed by atoms with Crippen molar-refractivity contribution in [1.82, 2.24) is 14.5 Å². The van der Waals surface area contributed by atoms with E-state index in [1.165, 1.54) is 21.7 Å². The van der Waals surface area contributed by atoms with E-state index in [-0.39, 0.29) is 19.5 Å². The van der Waals surface area contributed by atoms with Gasteiger partial charge in [-0.2, -0.15) is 0 Å². The van der Waals surface area contributed by atoms with Crippen LogP contribution in [0.5, 0.6) is 0 Å². The molecule has 9 heteroatoms. The van der Waals surface area contributed by atoms with Crippen LogP contribution in [0.15, 0.2) is 52.2 Å². The zero-order valence-corrected chi connectivity index (χ0v) is 17.9. The van der Waals surface area contributed by atoms with Gasteiger partial charge < -0.3 is 19.8 Å². The fourth-order valence-electron chi connectivity index (χ4n) is 3.95. The second kappa shape index (κ2) is 9.07. The average Bonchev–Trinajstić information content (AvgIpc) is 2.94. The molecule has 3 rings (SSSR count). The van der Waals surface area contributed by atoms with Gasteiger partial charge in [0.2, 0.25) is 0 Å². The number of carbonyl (C=O) groups excluding carboxylic acids is 1. The first kappa shape index (κ1) is 22.8. The minimum absolute atomic E-state index is 0.147. The number of nitrogens with zero attached hydrogens (tertiary/aromatic N) is 2. The first-order chi connectivity index (χ1) is 14.5. The molecule has 0 bridgehead atoms. The number of aliphatic hydroxyl groups excluding tert-OH is 2. The lowest BCUT2D eigenvalue weighted by Gasteiger charge is -2.32. The number of aromatic amines is 1. The van der Waals surface area contributed by atoms with E-state index in [0.717, 1.165) is 5.56 Å². The lowest BCUT2D eigenvalue weighted by Crippen LogP contribution is -2.43. The Bertz CT molecular complexity index is 1010. The van der Waals surface area contributed by atoms with Crippen LogP contribution in [0.3, 0.4) is 0 Å². The third-order valence-electron chi connectivity index (χ3n) is 5.27. The maximum Gasteiger partial charge on any atom is 0.410 e. The molecule has 168 valence electrons. The zero-order valence-electron chi connectivity index (χ0n) is 17.9. The number of aliphatic hydroxyl groups is 2. The molecule has 9 nitrogen and oxygen atoms in total. The highest BCUT2D eigenvalue weighted by Gasteiger charge is 2.44. The molecule has 1 aromatic heterocycles. The Morgan fingerprint density at radius 1 is 1.19 bits per heavy atom. The predicted octanol–water partition coefficient (Wildman–Crippen LogP) is 1.26. The van der Waals surface area contributed by atoms with Gasteiger partial charge in [0.05, 0.1) is 12.1 Å². The van der Waals surface area contributed by atoms with Gasteiger partial charge in [-0.05, 0) is 32.8 Å². The third-order valence-corrected chi connectivity index (χ3v) is 5.27. The highest BCUT2D eigenvalue weighted by atomic mass is 16.6. The van der Waals surface area contributed by atoms with Crippen LogP contribution in [0.1, 0.15) is 38.8 Å². The van der Waals surface area contributed by atoms with Crippen molar-refractivity contribution in [2.45, 2.75) is 57.6 Å². The molecule has 0 unspecified atom stereocenters. The molecule has 1 saturated carbocycles. The molecule has 0 radical (unpaired) electrons. The molecule has 1 aromatic carbocycles. The van der Waals surface area contributed by atoms with Crippen molar-refractivity contribution in [1.29, 1.82) is 0 Å². The van der Waals surface area contributed by atoms with Gasteiger partial charge in [0, 0.05) is 31.3 Å². The van der Waals surface area contributed by atoms with Crippen molar-refractivity contribution in [3.8, 4) is 0 Å². The summed E-state index contributed by atoms with van der Waals surface area (Å²) in [5.74, 6) is -0.440. The number of rotatable bonds is 5. The monoisotopic (exact) mass is 431 g/mol. The molecule has 3 N–H and O–H groups in total. The van der Waals surface area contributed by atoms with Crippen molar-refractivity contribution in [3.05, 3.63) is 69.0 Å². The second-order valence-corrected chi connectivity index (χ2v) is 8.91. The van der Waals surface area contributed by atoms with Crippen molar-refractivity contribution in [2.75, 3.05) is 6.54 Å². The van der Waals surface area contributed by atoms with Crippen LogP contribution in [0.25, 0.3) is 0 Å². The number of ether oxygens (including phenoxy) is 1. The first-order valence-electron chi connectivity index (χ1n) is 10.2. The summed E-state index contributed by atoms with van der Waals surface area (Å²) < 4.78 is 6.77. The summed E-state index contributed by atoms with van der Waals surface area (Å²) in [6, 6.07) is 9.77. The van der Waals surface area contributed by atoms with Crippen LogP contribution in [0.4, 0.5) is 4.79 Å². The number of carbonyl (C=O) groups is 1. The summed E-state index contributed by atoms with van der Waals surface area (Å²) in [4.78, 5) is 40.4. The number of H-pyrrole nitrogens is 1. The number of amides is 1. The molecule has 1 aliphatic carbocycles. The SMILES string of the molecule is CC(C)(C)OC(=O)N(Cc1ccccc1)C[C@@H]1C[C@H](O)[C@H](O)[C@H]1n1ccc(=O)[nH]c1=O. The summed E-state index contributed by atoms with van der Waals surface area (Å²) in [7, 11) is 0. The summed E-state index contributed by atoms with van der Waals surface area (Å²) in [5, 5.41) is 20.9. The van der Waals surface area contributed by atoms with Crippen LogP contribution >= 0.6 is 0 Å².